The van der Waals surface area contributed by atoms with Gasteiger partial charge in [-0.25, -0.2) is 0 Å². The third kappa shape index (κ3) is 3.48. The van der Waals surface area contributed by atoms with Gasteiger partial charge in [-0.15, -0.1) is 0 Å². The Kier molecular flexibility index (Phi) is 4.78. The molecule has 0 N–H and O–H groups in total. The summed E-state index contributed by atoms with van der Waals surface area (Å²) in [4.78, 5) is 4.46. The minimum Gasteiger partial charge on any atom is -0.377 e. The van der Waals surface area contributed by atoms with Crippen LogP contribution in [0.25, 0.3) is 22.3 Å². The second kappa shape index (κ2) is 7.63. The Morgan fingerprint density at radius 2 is 1.29 bits per heavy atom. The Hall–Kier alpha value is -3.52. The van der Waals surface area contributed by atoms with E-state index in [2.05, 4.69) is 123 Å². The van der Waals surface area contributed by atoms with Gasteiger partial charge >= 0.3 is 0 Å². The maximum absolute atomic E-state index is 2.34. The molecular formula is C29H28N2. The fraction of sp³-hybridized carbons (Fsp3) is 0.172. The fourth-order valence-electron chi connectivity index (χ4n) is 4.61. The number of hydrogen-bond acceptors (Lipinski definition) is 2. The molecule has 0 fully saturated rings. The molecule has 0 saturated heterocycles. The largest absolute Gasteiger partial charge is 0.377 e. The van der Waals surface area contributed by atoms with Gasteiger partial charge in [0.05, 0.1) is 0 Å². The van der Waals surface area contributed by atoms with E-state index in [1.807, 2.05) is 0 Å². The lowest BCUT2D eigenvalue weighted by atomic mass is 10.0. The van der Waals surface area contributed by atoms with E-state index < -0.39 is 0 Å². The summed E-state index contributed by atoms with van der Waals surface area (Å²) in [5.41, 5.74) is 13.0. The highest BCUT2D eigenvalue weighted by molar-refractivity contribution is 5.82. The molecule has 0 amide bonds. The zero-order valence-electron chi connectivity index (χ0n) is 18.7. The van der Waals surface area contributed by atoms with E-state index in [9.17, 15) is 0 Å². The molecule has 31 heavy (non-hydrogen) atoms. The molecular weight excluding hydrogens is 376 g/mol. The van der Waals surface area contributed by atoms with Crippen LogP contribution >= 0.6 is 0 Å². The Morgan fingerprint density at radius 1 is 0.613 bits per heavy atom. The number of fused-ring (bicyclic) bond motifs is 3. The second-order valence-electron chi connectivity index (χ2n) is 8.70. The van der Waals surface area contributed by atoms with Gasteiger partial charge < -0.3 is 9.80 Å². The number of nitrogens with zero attached hydrogens (tertiary/aromatic N) is 2. The molecule has 1 aliphatic carbocycles. The minimum absolute atomic E-state index is 1.02. The van der Waals surface area contributed by atoms with E-state index >= 15 is 0 Å². The predicted molar refractivity (Wildman–Crippen MR) is 134 cm³/mol. The smallest absolute Gasteiger partial charge is 0.0443 e. The third-order valence-electron chi connectivity index (χ3n) is 6.37. The van der Waals surface area contributed by atoms with Crippen molar-refractivity contribution in [2.24, 2.45) is 0 Å². The van der Waals surface area contributed by atoms with Crippen molar-refractivity contribution in [2.45, 2.75) is 13.3 Å². The summed E-state index contributed by atoms with van der Waals surface area (Å²) in [6, 6.07) is 31.1. The first kappa shape index (κ1) is 19.4. The number of hydrogen-bond donors (Lipinski definition) is 0. The molecule has 0 aromatic heterocycles. The van der Waals surface area contributed by atoms with Crippen LogP contribution in [0.5, 0.6) is 0 Å². The summed E-state index contributed by atoms with van der Waals surface area (Å²) < 4.78 is 0. The van der Waals surface area contributed by atoms with Crippen LogP contribution in [0.15, 0.2) is 84.9 Å². The van der Waals surface area contributed by atoms with Crippen LogP contribution in [0, 0.1) is 6.92 Å². The molecule has 0 saturated carbocycles. The monoisotopic (exact) mass is 404 g/mol. The van der Waals surface area contributed by atoms with Crippen molar-refractivity contribution in [3.63, 3.8) is 0 Å². The van der Waals surface area contributed by atoms with Crippen molar-refractivity contribution < 1.29 is 0 Å². The number of aryl methyl sites for hydroxylation is 1. The topological polar surface area (TPSA) is 6.48 Å². The first-order valence-electron chi connectivity index (χ1n) is 10.8. The van der Waals surface area contributed by atoms with Crippen LogP contribution in [0.4, 0.5) is 17.1 Å². The maximum atomic E-state index is 2.34. The van der Waals surface area contributed by atoms with Crippen molar-refractivity contribution in [3.05, 3.63) is 102 Å². The Labute approximate surface area is 185 Å². The highest BCUT2D eigenvalue weighted by Crippen LogP contribution is 2.39. The first-order chi connectivity index (χ1) is 15.0. The Balaban J connectivity index is 1.43. The average Bonchev–Trinajstić information content (AvgIpc) is 3.16. The van der Waals surface area contributed by atoms with E-state index in [-0.39, 0.29) is 0 Å². The Morgan fingerprint density at radius 3 is 2.06 bits per heavy atom. The predicted octanol–water partition coefficient (Wildman–Crippen LogP) is 7.07. The minimum atomic E-state index is 1.02. The normalized spacial score (nSPS) is 11.7. The van der Waals surface area contributed by atoms with E-state index in [1.54, 1.807) is 0 Å². The second-order valence-corrected chi connectivity index (χ2v) is 8.70. The van der Waals surface area contributed by atoms with Gasteiger partial charge in [0.25, 0.3) is 0 Å². The van der Waals surface area contributed by atoms with Gasteiger partial charge in [-0.05, 0) is 77.1 Å². The molecule has 0 heterocycles. The SMILES string of the molecule is Cc1ccc(-c2ccc(N(C)c3ccc4c(c3)Cc3ccccc3-4)cc2)c(N(C)C)c1. The Bertz CT molecular complexity index is 1250. The lowest BCUT2D eigenvalue weighted by Crippen LogP contribution is -2.11. The van der Waals surface area contributed by atoms with Gasteiger partial charge in [-0.1, -0.05) is 54.6 Å². The van der Waals surface area contributed by atoms with Gasteiger partial charge in [0.15, 0.2) is 0 Å². The van der Waals surface area contributed by atoms with Gasteiger partial charge in [0.1, 0.15) is 0 Å². The summed E-state index contributed by atoms with van der Waals surface area (Å²) in [6.45, 7) is 2.14. The standard InChI is InChI=1S/C29H28N2/c1-20-9-15-28(29(17-20)30(2)3)21-10-12-24(13-11-21)31(4)25-14-16-27-23(19-25)18-22-7-5-6-8-26(22)27/h5-17,19H,18H2,1-4H3. The zero-order valence-corrected chi connectivity index (χ0v) is 18.7. The molecule has 0 spiro atoms. The fourth-order valence-corrected chi connectivity index (χ4v) is 4.61. The molecule has 5 rings (SSSR count). The van der Waals surface area contributed by atoms with Crippen LogP contribution < -0.4 is 9.80 Å². The van der Waals surface area contributed by atoms with Crippen LogP contribution in [0.3, 0.4) is 0 Å². The van der Waals surface area contributed by atoms with E-state index in [0.29, 0.717) is 0 Å². The van der Waals surface area contributed by atoms with E-state index in [1.165, 1.54) is 56.0 Å². The highest BCUT2D eigenvalue weighted by atomic mass is 15.1. The molecule has 2 heteroatoms. The summed E-state index contributed by atoms with van der Waals surface area (Å²) in [5, 5.41) is 0. The van der Waals surface area contributed by atoms with Crippen molar-refractivity contribution in [3.8, 4) is 22.3 Å². The molecule has 0 bridgehead atoms. The van der Waals surface area contributed by atoms with Crippen molar-refractivity contribution in [1.29, 1.82) is 0 Å². The molecule has 1 aliphatic rings. The van der Waals surface area contributed by atoms with E-state index in [0.717, 1.165) is 6.42 Å². The van der Waals surface area contributed by atoms with E-state index in [4.69, 9.17) is 0 Å². The van der Waals surface area contributed by atoms with Crippen molar-refractivity contribution >= 4 is 17.1 Å². The van der Waals surface area contributed by atoms with Crippen LogP contribution in [-0.4, -0.2) is 21.1 Å². The summed E-state index contributed by atoms with van der Waals surface area (Å²) in [7, 11) is 6.36. The van der Waals surface area contributed by atoms with Crippen LogP contribution in [-0.2, 0) is 6.42 Å². The molecule has 0 aliphatic heterocycles. The number of anilines is 3. The van der Waals surface area contributed by atoms with Crippen molar-refractivity contribution in [1.82, 2.24) is 0 Å². The van der Waals surface area contributed by atoms with Crippen LogP contribution in [0.2, 0.25) is 0 Å². The lowest BCUT2D eigenvalue weighted by molar-refractivity contribution is 1.13. The molecule has 154 valence electrons. The lowest BCUT2D eigenvalue weighted by Gasteiger charge is -2.22. The first-order valence-corrected chi connectivity index (χ1v) is 10.8. The quantitative estimate of drug-likeness (QED) is 0.316. The van der Waals surface area contributed by atoms with Crippen molar-refractivity contribution in [2.75, 3.05) is 30.9 Å². The highest BCUT2D eigenvalue weighted by Gasteiger charge is 2.19. The maximum Gasteiger partial charge on any atom is 0.0443 e. The molecule has 0 atom stereocenters. The van der Waals surface area contributed by atoms with Crippen LogP contribution in [0.1, 0.15) is 16.7 Å². The molecule has 4 aromatic carbocycles. The summed E-state index contributed by atoms with van der Waals surface area (Å²) >= 11 is 0. The number of benzene rings is 4. The van der Waals surface area contributed by atoms with Gasteiger partial charge in [0.2, 0.25) is 0 Å². The summed E-state index contributed by atoms with van der Waals surface area (Å²) in [5.74, 6) is 0. The molecule has 4 aromatic rings. The number of rotatable bonds is 4. The van der Waals surface area contributed by atoms with Gasteiger partial charge in [-0.2, -0.15) is 0 Å². The average molecular weight is 405 g/mol. The van der Waals surface area contributed by atoms with Gasteiger partial charge in [0, 0.05) is 43.8 Å². The van der Waals surface area contributed by atoms with Gasteiger partial charge in [-0.3, -0.25) is 0 Å². The summed E-state index contributed by atoms with van der Waals surface area (Å²) in [6.07, 6.45) is 1.02. The zero-order chi connectivity index (χ0) is 21.5. The molecule has 0 radical (unpaired) electrons. The molecule has 0 unspecified atom stereocenters. The third-order valence-corrected chi connectivity index (χ3v) is 6.37. The molecule has 2 nitrogen and oxygen atoms in total.